The smallest absolute Gasteiger partial charge is 0.312 e. The van der Waals surface area contributed by atoms with Crippen LogP contribution in [0.15, 0.2) is 30.3 Å². The summed E-state index contributed by atoms with van der Waals surface area (Å²) in [5, 5.41) is 0. The van der Waals surface area contributed by atoms with Gasteiger partial charge in [0.25, 0.3) is 0 Å². The minimum atomic E-state index is -1.18. The maximum atomic E-state index is 13.8. The molecule has 0 aliphatic carbocycles. The maximum absolute atomic E-state index is 13.8. The second kappa shape index (κ2) is 5.12. The van der Waals surface area contributed by atoms with Gasteiger partial charge in [0.2, 0.25) is 0 Å². The molecule has 0 amide bonds. The topological polar surface area (TPSA) is 26.3 Å². The molecular formula is C12H12FIO2. The Morgan fingerprint density at radius 3 is 2.56 bits per heavy atom. The zero-order valence-corrected chi connectivity index (χ0v) is 10.8. The molecule has 0 spiro atoms. The van der Waals surface area contributed by atoms with Crippen LogP contribution in [0.25, 0.3) is 0 Å². The molecule has 4 heteroatoms. The van der Waals surface area contributed by atoms with E-state index in [0.29, 0.717) is 10.8 Å². The Morgan fingerprint density at radius 2 is 2.00 bits per heavy atom. The minimum absolute atomic E-state index is 0.405. The van der Waals surface area contributed by atoms with Gasteiger partial charge in [0.15, 0.2) is 6.17 Å². The van der Waals surface area contributed by atoms with Gasteiger partial charge in [-0.15, -0.1) is 0 Å². The van der Waals surface area contributed by atoms with Crippen molar-refractivity contribution >= 4 is 28.6 Å². The van der Waals surface area contributed by atoms with E-state index in [1.54, 1.807) is 0 Å². The lowest BCUT2D eigenvalue weighted by molar-refractivity contribution is -0.143. The van der Waals surface area contributed by atoms with Crippen molar-refractivity contribution in [3.05, 3.63) is 35.9 Å². The molecule has 0 aromatic heterocycles. The third-order valence-electron chi connectivity index (χ3n) is 2.76. The molecule has 1 aromatic carbocycles. The average Bonchev–Trinajstić information content (AvgIpc) is 2.58. The van der Waals surface area contributed by atoms with Crippen molar-refractivity contribution in [2.75, 3.05) is 4.43 Å². The largest absolute Gasteiger partial charge is 0.458 e. The van der Waals surface area contributed by atoms with Gasteiger partial charge >= 0.3 is 5.97 Å². The number of halogens is 2. The van der Waals surface area contributed by atoms with E-state index in [0.717, 1.165) is 5.56 Å². The van der Waals surface area contributed by atoms with Crippen LogP contribution in [0, 0.1) is 5.92 Å². The number of hydrogen-bond acceptors (Lipinski definition) is 2. The fourth-order valence-electron chi connectivity index (χ4n) is 1.87. The van der Waals surface area contributed by atoms with Gasteiger partial charge in [0.05, 0.1) is 5.92 Å². The van der Waals surface area contributed by atoms with Crippen LogP contribution in [0.1, 0.15) is 5.56 Å². The predicted octanol–water partition coefficient (Wildman–Crippen LogP) is 2.54. The Morgan fingerprint density at radius 1 is 1.31 bits per heavy atom. The zero-order valence-electron chi connectivity index (χ0n) is 8.61. The van der Waals surface area contributed by atoms with Crippen LogP contribution in [-0.2, 0) is 16.0 Å². The molecule has 0 bridgehead atoms. The molecule has 2 nitrogen and oxygen atoms in total. The van der Waals surface area contributed by atoms with Crippen LogP contribution < -0.4 is 0 Å². The van der Waals surface area contributed by atoms with Gasteiger partial charge in [0.1, 0.15) is 6.10 Å². The van der Waals surface area contributed by atoms with Crippen LogP contribution in [-0.4, -0.2) is 22.7 Å². The highest BCUT2D eigenvalue weighted by Crippen LogP contribution is 2.29. The number of carbonyl (C=O) groups is 1. The molecule has 1 heterocycles. The van der Waals surface area contributed by atoms with Crippen molar-refractivity contribution in [3.63, 3.8) is 0 Å². The molecule has 1 aliphatic rings. The lowest BCUT2D eigenvalue weighted by Gasteiger charge is -2.10. The van der Waals surface area contributed by atoms with Crippen molar-refractivity contribution in [1.82, 2.24) is 0 Å². The molecule has 2 rings (SSSR count). The summed E-state index contributed by atoms with van der Waals surface area (Å²) < 4.78 is 19.3. The molecule has 1 aromatic rings. The first-order valence-corrected chi connectivity index (χ1v) is 6.69. The van der Waals surface area contributed by atoms with E-state index in [9.17, 15) is 9.18 Å². The monoisotopic (exact) mass is 334 g/mol. The van der Waals surface area contributed by atoms with Gasteiger partial charge < -0.3 is 4.74 Å². The number of hydrogen-bond donors (Lipinski definition) is 0. The first-order valence-electron chi connectivity index (χ1n) is 5.17. The third kappa shape index (κ3) is 2.36. The molecule has 0 N–H and O–H groups in total. The lowest BCUT2D eigenvalue weighted by atomic mass is 9.95. The van der Waals surface area contributed by atoms with Crippen molar-refractivity contribution in [2.24, 2.45) is 5.92 Å². The summed E-state index contributed by atoms with van der Waals surface area (Å²) in [7, 11) is 0. The highest BCUT2D eigenvalue weighted by molar-refractivity contribution is 14.1. The summed E-state index contributed by atoms with van der Waals surface area (Å²) in [5.41, 5.74) is 0.973. The normalized spacial score (nSPS) is 29.1. The molecule has 1 fully saturated rings. The highest BCUT2D eigenvalue weighted by Gasteiger charge is 2.44. The van der Waals surface area contributed by atoms with Gasteiger partial charge in [-0.2, -0.15) is 0 Å². The lowest BCUT2D eigenvalue weighted by Crippen LogP contribution is -2.25. The van der Waals surface area contributed by atoms with Gasteiger partial charge in [-0.1, -0.05) is 52.9 Å². The van der Waals surface area contributed by atoms with E-state index in [1.165, 1.54) is 0 Å². The fraction of sp³-hybridized carbons (Fsp3) is 0.417. The van der Waals surface area contributed by atoms with E-state index < -0.39 is 24.2 Å². The molecule has 3 unspecified atom stereocenters. The van der Waals surface area contributed by atoms with Crippen LogP contribution in [0.3, 0.4) is 0 Å². The second-order valence-electron chi connectivity index (χ2n) is 3.87. The average molecular weight is 334 g/mol. The van der Waals surface area contributed by atoms with Gasteiger partial charge in [-0.25, -0.2) is 4.39 Å². The van der Waals surface area contributed by atoms with Crippen LogP contribution >= 0.6 is 22.6 Å². The molecule has 1 saturated heterocycles. The van der Waals surface area contributed by atoms with Crippen LogP contribution in [0.4, 0.5) is 4.39 Å². The fourth-order valence-corrected chi connectivity index (χ4v) is 2.54. The number of cyclic esters (lactones) is 1. The van der Waals surface area contributed by atoms with E-state index in [4.69, 9.17) is 4.74 Å². The SMILES string of the molecule is O=C1OC(CI)C(F)C1Cc1ccccc1. The van der Waals surface area contributed by atoms with Crippen LogP contribution in [0.2, 0.25) is 0 Å². The van der Waals surface area contributed by atoms with Crippen molar-refractivity contribution in [3.8, 4) is 0 Å². The number of esters is 1. The van der Waals surface area contributed by atoms with Crippen LogP contribution in [0.5, 0.6) is 0 Å². The summed E-state index contributed by atoms with van der Waals surface area (Å²) in [6, 6.07) is 9.48. The molecular weight excluding hydrogens is 322 g/mol. The molecule has 3 atom stereocenters. The minimum Gasteiger partial charge on any atom is -0.458 e. The molecule has 86 valence electrons. The van der Waals surface area contributed by atoms with E-state index >= 15 is 0 Å². The summed E-state index contributed by atoms with van der Waals surface area (Å²) >= 11 is 2.04. The standard InChI is InChI=1S/C12H12FIO2/c13-11-9(12(15)16-10(11)7-14)6-8-4-2-1-3-5-8/h1-5,9-11H,6-7H2. The Hall–Kier alpha value is -0.650. The Kier molecular flexibility index (Phi) is 3.78. The first kappa shape index (κ1) is 11.8. The number of alkyl halides is 2. The van der Waals surface area contributed by atoms with E-state index in [1.807, 2.05) is 52.9 Å². The van der Waals surface area contributed by atoms with E-state index in [-0.39, 0.29) is 0 Å². The number of benzene rings is 1. The highest BCUT2D eigenvalue weighted by atomic mass is 127. The first-order chi connectivity index (χ1) is 7.72. The molecule has 16 heavy (non-hydrogen) atoms. The van der Waals surface area contributed by atoms with Crippen molar-refractivity contribution in [2.45, 2.75) is 18.7 Å². The van der Waals surface area contributed by atoms with Crippen molar-refractivity contribution < 1.29 is 13.9 Å². The predicted molar refractivity (Wildman–Crippen MR) is 67.3 cm³/mol. The summed E-state index contributed by atoms with van der Waals surface area (Å²) in [6.45, 7) is 0. The van der Waals surface area contributed by atoms with Gasteiger partial charge in [-0.3, -0.25) is 4.79 Å². The molecule has 0 saturated carbocycles. The van der Waals surface area contributed by atoms with Gasteiger partial charge in [0, 0.05) is 4.43 Å². The van der Waals surface area contributed by atoms with E-state index in [2.05, 4.69) is 0 Å². The maximum Gasteiger partial charge on any atom is 0.312 e. The quantitative estimate of drug-likeness (QED) is 0.482. The number of carbonyl (C=O) groups excluding carboxylic acids is 1. The third-order valence-corrected chi connectivity index (χ3v) is 3.63. The Labute approximate surface area is 107 Å². The summed E-state index contributed by atoms with van der Waals surface area (Å²) in [5.74, 6) is -1.04. The zero-order chi connectivity index (χ0) is 11.5. The number of ether oxygens (including phenoxy) is 1. The molecule has 1 aliphatic heterocycles. The van der Waals surface area contributed by atoms with Crippen molar-refractivity contribution in [1.29, 1.82) is 0 Å². The molecule has 0 radical (unpaired) electrons. The summed E-state index contributed by atoms with van der Waals surface area (Å²) in [4.78, 5) is 11.5. The Balaban J connectivity index is 2.08. The van der Waals surface area contributed by atoms with Gasteiger partial charge in [-0.05, 0) is 12.0 Å². The Bertz CT molecular complexity index is 369. The second-order valence-corrected chi connectivity index (χ2v) is 4.75. The summed E-state index contributed by atoms with van der Waals surface area (Å²) in [6.07, 6.45) is -1.32. The number of rotatable bonds is 3.